The van der Waals surface area contributed by atoms with Gasteiger partial charge in [0.1, 0.15) is 11.0 Å². The Bertz CT molecular complexity index is 1400. The maximum Gasteiger partial charge on any atom is 0.161 e. The van der Waals surface area contributed by atoms with Gasteiger partial charge in [-0.3, -0.25) is 15.1 Å². The van der Waals surface area contributed by atoms with Gasteiger partial charge >= 0.3 is 0 Å². The van der Waals surface area contributed by atoms with Gasteiger partial charge in [-0.2, -0.15) is 5.10 Å². The smallest absolute Gasteiger partial charge is 0.161 e. The van der Waals surface area contributed by atoms with Crippen molar-refractivity contribution in [3.8, 4) is 22.8 Å². The number of hydrogen-bond acceptors (Lipinski definition) is 6. The summed E-state index contributed by atoms with van der Waals surface area (Å²) in [5.74, 6) is 0.649. The number of aromatic amines is 2. The highest BCUT2D eigenvalue weighted by atomic mass is 15.1. The van der Waals surface area contributed by atoms with Crippen LogP contribution in [0.15, 0.2) is 61.3 Å². The quantitative estimate of drug-likeness (QED) is 0.352. The van der Waals surface area contributed by atoms with Crippen LogP contribution >= 0.6 is 0 Å². The first-order chi connectivity index (χ1) is 15.4. The molecule has 0 aliphatic rings. The van der Waals surface area contributed by atoms with Crippen LogP contribution in [0.3, 0.4) is 0 Å². The van der Waals surface area contributed by atoms with E-state index in [0.717, 1.165) is 51.1 Å². The van der Waals surface area contributed by atoms with Gasteiger partial charge in [-0.15, -0.1) is 0 Å². The topological polar surface area (TPSA) is 108 Å². The molecule has 0 amide bonds. The monoisotopic (exact) mass is 424 g/mol. The number of H-pyrrole nitrogens is 2. The lowest BCUT2D eigenvalue weighted by Gasteiger charge is -2.20. The highest BCUT2D eigenvalue weighted by Gasteiger charge is 2.16. The average Bonchev–Trinajstić information content (AvgIpc) is 3.35. The third kappa shape index (κ3) is 3.94. The van der Waals surface area contributed by atoms with E-state index < -0.39 is 0 Å². The SMILES string of the molecule is C=C(CC(C)(C)C)Nc1cncc(-c2ccc3[nH]nc(-c4nc5cnccc5[nH]4)c3n2)c1. The third-order valence-corrected chi connectivity index (χ3v) is 5.02. The van der Waals surface area contributed by atoms with Crippen molar-refractivity contribution in [3.05, 3.63) is 61.3 Å². The van der Waals surface area contributed by atoms with Gasteiger partial charge in [0.25, 0.3) is 0 Å². The fraction of sp³-hybridized carbons (Fsp3) is 0.208. The molecule has 3 N–H and O–H groups in total. The Morgan fingerprint density at radius 1 is 1.03 bits per heavy atom. The molecule has 0 aliphatic carbocycles. The van der Waals surface area contributed by atoms with Crippen LogP contribution < -0.4 is 5.32 Å². The summed E-state index contributed by atoms with van der Waals surface area (Å²) >= 11 is 0. The number of nitrogens with one attached hydrogen (secondary N) is 3. The summed E-state index contributed by atoms with van der Waals surface area (Å²) in [6.45, 7) is 10.7. The van der Waals surface area contributed by atoms with Crippen molar-refractivity contribution in [1.29, 1.82) is 0 Å². The Balaban J connectivity index is 1.49. The third-order valence-electron chi connectivity index (χ3n) is 5.02. The number of pyridine rings is 3. The molecule has 5 aromatic heterocycles. The molecule has 0 saturated heterocycles. The molecular formula is C24H24N8. The molecule has 0 unspecified atom stereocenters. The number of anilines is 1. The van der Waals surface area contributed by atoms with Gasteiger partial charge in [0.15, 0.2) is 11.5 Å². The molecule has 32 heavy (non-hydrogen) atoms. The number of imidazole rings is 1. The van der Waals surface area contributed by atoms with Crippen molar-refractivity contribution < 1.29 is 0 Å². The van der Waals surface area contributed by atoms with Crippen LogP contribution in [0.4, 0.5) is 5.69 Å². The Hall–Kier alpha value is -4.07. The molecule has 8 heteroatoms. The maximum absolute atomic E-state index is 4.87. The van der Waals surface area contributed by atoms with E-state index in [0.29, 0.717) is 11.5 Å². The minimum Gasteiger partial charge on any atom is -0.358 e. The lowest BCUT2D eigenvalue weighted by Crippen LogP contribution is -2.10. The first-order valence-corrected chi connectivity index (χ1v) is 10.4. The Labute approximate surface area is 185 Å². The molecule has 160 valence electrons. The molecule has 0 spiro atoms. The van der Waals surface area contributed by atoms with Gasteiger partial charge in [0.2, 0.25) is 0 Å². The summed E-state index contributed by atoms with van der Waals surface area (Å²) in [7, 11) is 0. The number of rotatable bonds is 5. The van der Waals surface area contributed by atoms with Crippen molar-refractivity contribution in [2.75, 3.05) is 5.32 Å². The largest absolute Gasteiger partial charge is 0.358 e. The second kappa shape index (κ2) is 7.56. The second-order valence-corrected chi connectivity index (χ2v) is 9.07. The maximum atomic E-state index is 4.87. The highest BCUT2D eigenvalue weighted by molar-refractivity contribution is 5.91. The zero-order chi connectivity index (χ0) is 22.3. The van der Waals surface area contributed by atoms with Crippen LogP contribution in [0.5, 0.6) is 0 Å². The van der Waals surface area contributed by atoms with Gasteiger partial charge < -0.3 is 10.3 Å². The first kappa shape index (κ1) is 19.9. The van der Waals surface area contributed by atoms with Crippen LogP contribution in [-0.4, -0.2) is 35.1 Å². The lowest BCUT2D eigenvalue weighted by molar-refractivity contribution is 0.411. The van der Waals surface area contributed by atoms with E-state index in [9.17, 15) is 0 Å². The minimum absolute atomic E-state index is 0.159. The fourth-order valence-electron chi connectivity index (χ4n) is 3.73. The fourth-order valence-corrected chi connectivity index (χ4v) is 3.73. The normalized spacial score (nSPS) is 11.8. The predicted molar refractivity (Wildman–Crippen MR) is 127 cm³/mol. The van der Waals surface area contributed by atoms with E-state index >= 15 is 0 Å². The van der Waals surface area contributed by atoms with Gasteiger partial charge in [-0.1, -0.05) is 27.4 Å². The summed E-state index contributed by atoms with van der Waals surface area (Å²) in [5.41, 5.74) is 7.64. The van der Waals surface area contributed by atoms with E-state index in [1.54, 1.807) is 24.8 Å². The second-order valence-electron chi connectivity index (χ2n) is 9.07. The lowest BCUT2D eigenvalue weighted by atomic mass is 9.91. The van der Waals surface area contributed by atoms with Gasteiger partial charge in [0, 0.05) is 23.7 Å². The molecule has 0 saturated carbocycles. The van der Waals surface area contributed by atoms with Crippen molar-refractivity contribution in [2.24, 2.45) is 5.41 Å². The predicted octanol–water partition coefficient (Wildman–Crippen LogP) is 5.32. The van der Waals surface area contributed by atoms with Crippen molar-refractivity contribution in [2.45, 2.75) is 27.2 Å². The van der Waals surface area contributed by atoms with E-state index in [2.05, 4.69) is 62.8 Å². The molecule has 5 aromatic rings. The van der Waals surface area contributed by atoms with E-state index in [4.69, 9.17) is 4.98 Å². The van der Waals surface area contributed by atoms with Gasteiger partial charge in [-0.05, 0) is 36.1 Å². The zero-order valence-corrected chi connectivity index (χ0v) is 18.3. The molecule has 0 radical (unpaired) electrons. The molecular weight excluding hydrogens is 400 g/mol. The van der Waals surface area contributed by atoms with Crippen molar-refractivity contribution >= 4 is 27.8 Å². The van der Waals surface area contributed by atoms with Crippen LogP contribution in [0, 0.1) is 5.41 Å². The Morgan fingerprint density at radius 2 is 1.91 bits per heavy atom. The van der Waals surface area contributed by atoms with Crippen molar-refractivity contribution in [1.82, 2.24) is 35.1 Å². The van der Waals surface area contributed by atoms with Gasteiger partial charge in [0.05, 0.1) is 34.8 Å². The summed E-state index contributed by atoms with van der Waals surface area (Å²) in [5, 5.41) is 10.9. The standard InChI is InChI=1S/C24H24N8/c1-14(10-24(2,3)4)27-16-9-15(11-26-12-16)17-5-6-19-21(28-17)22(32-31-19)23-29-18-7-8-25-13-20(18)30-23/h5-9,11-13,27H,1,10H2,2-4H3,(H,29,30)(H,31,32). The summed E-state index contributed by atoms with van der Waals surface area (Å²) in [6, 6.07) is 7.84. The van der Waals surface area contributed by atoms with Crippen LogP contribution in [0.1, 0.15) is 27.2 Å². The number of nitrogens with zero attached hydrogens (tertiary/aromatic N) is 5. The molecule has 0 bridgehead atoms. The summed E-state index contributed by atoms with van der Waals surface area (Å²) in [4.78, 5) is 21.3. The van der Waals surface area contributed by atoms with E-state index in [1.165, 1.54) is 0 Å². The van der Waals surface area contributed by atoms with Gasteiger partial charge in [-0.25, -0.2) is 9.97 Å². The minimum atomic E-state index is 0.159. The van der Waals surface area contributed by atoms with Crippen molar-refractivity contribution in [3.63, 3.8) is 0 Å². The molecule has 5 rings (SSSR count). The number of hydrogen-bond donors (Lipinski definition) is 3. The Kier molecular flexibility index (Phi) is 4.70. The van der Waals surface area contributed by atoms with E-state index in [-0.39, 0.29) is 5.41 Å². The highest BCUT2D eigenvalue weighted by Crippen LogP contribution is 2.29. The molecule has 0 aliphatic heterocycles. The first-order valence-electron chi connectivity index (χ1n) is 10.4. The number of aromatic nitrogens is 7. The molecule has 8 nitrogen and oxygen atoms in total. The van der Waals surface area contributed by atoms with Crippen LogP contribution in [0.2, 0.25) is 0 Å². The number of fused-ring (bicyclic) bond motifs is 2. The average molecular weight is 425 g/mol. The molecule has 0 fully saturated rings. The molecule has 0 aromatic carbocycles. The van der Waals surface area contributed by atoms with E-state index in [1.807, 2.05) is 24.3 Å². The Morgan fingerprint density at radius 3 is 2.72 bits per heavy atom. The number of allylic oxidation sites excluding steroid dienone is 1. The molecule has 5 heterocycles. The van der Waals surface area contributed by atoms with Crippen LogP contribution in [-0.2, 0) is 0 Å². The summed E-state index contributed by atoms with van der Waals surface area (Å²) in [6.07, 6.45) is 7.92. The van der Waals surface area contributed by atoms with Crippen LogP contribution in [0.25, 0.3) is 44.8 Å². The zero-order valence-electron chi connectivity index (χ0n) is 18.3. The molecule has 0 atom stereocenters. The summed E-state index contributed by atoms with van der Waals surface area (Å²) < 4.78 is 0.